The predicted molar refractivity (Wildman–Crippen MR) is 146 cm³/mol. The summed E-state index contributed by atoms with van der Waals surface area (Å²) in [4.78, 5) is 4.91. The highest BCUT2D eigenvalue weighted by Gasteiger charge is 2.44. The number of hydrogen-bond acceptors (Lipinski definition) is 6. The van der Waals surface area contributed by atoms with E-state index in [2.05, 4.69) is 5.32 Å². The molecule has 1 fully saturated rings. The van der Waals surface area contributed by atoms with Crippen molar-refractivity contribution >= 4 is 20.7 Å². The van der Waals surface area contributed by atoms with Crippen LogP contribution in [-0.4, -0.2) is 44.0 Å². The first-order valence-corrected chi connectivity index (χ1v) is 14.4. The normalized spacial score (nSPS) is 20.8. The number of aromatic nitrogens is 1. The van der Waals surface area contributed by atoms with Gasteiger partial charge in [-0.25, -0.2) is 17.8 Å². The Morgan fingerprint density at radius 1 is 1.11 bits per heavy atom. The lowest BCUT2D eigenvalue weighted by Gasteiger charge is -2.44. The Morgan fingerprint density at radius 3 is 2.55 bits per heavy atom. The fourth-order valence-corrected chi connectivity index (χ4v) is 6.34. The van der Waals surface area contributed by atoms with E-state index in [4.69, 9.17) is 9.72 Å². The van der Waals surface area contributed by atoms with Crippen LogP contribution in [0.3, 0.4) is 0 Å². The van der Waals surface area contributed by atoms with Crippen LogP contribution in [0.15, 0.2) is 77.7 Å². The number of pyridine rings is 1. The van der Waals surface area contributed by atoms with Gasteiger partial charge >= 0.3 is 0 Å². The predicted octanol–water partition coefficient (Wildman–Crippen LogP) is 5.08. The zero-order chi connectivity index (χ0) is 27.1. The zero-order valence-electron chi connectivity index (χ0n) is 21.6. The molecule has 0 radical (unpaired) electrons. The van der Waals surface area contributed by atoms with Crippen LogP contribution in [-0.2, 0) is 9.84 Å². The monoisotopic (exact) mass is 534 g/mol. The Balaban J connectivity index is 1.67. The molecule has 0 bridgehead atoms. The van der Waals surface area contributed by atoms with Gasteiger partial charge in [-0.3, -0.25) is 0 Å². The van der Waals surface area contributed by atoms with Crippen LogP contribution in [0.1, 0.15) is 47.1 Å². The second kappa shape index (κ2) is 10.1. The molecule has 2 N–H and O–H groups in total. The SMILES string of the molecule is COc1nc2ccc(S(C)(=O)=O)cc2cc1C(c1ccccc1)C1(O)CCNC(c2ccc(F)cc2C)C1. The third kappa shape index (κ3) is 5.04. The van der Waals surface area contributed by atoms with Gasteiger partial charge < -0.3 is 15.2 Å². The van der Waals surface area contributed by atoms with Gasteiger partial charge in [-0.1, -0.05) is 36.4 Å². The largest absolute Gasteiger partial charge is 0.481 e. The molecule has 8 heteroatoms. The van der Waals surface area contributed by atoms with Gasteiger partial charge in [-0.2, -0.15) is 0 Å². The first-order valence-electron chi connectivity index (χ1n) is 12.5. The Kier molecular flexibility index (Phi) is 6.98. The quantitative estimate of drug-likeness (QED) is 0.359. The van der Waals surface area contributed by atoms with Gasteiger partial charge in [-0.05, 0) is 79.4 Å². The van der Waals surface area contributed by atoms with Crippen molar-refractivity contribution in [2.45, 2.75) is 42.2 Å². The highest BCUT2D eigenvalue weighted by Crippen LogP contribution is 2.47. The summed E-state index contributed by atoms with van der Waals surface area (Å²) in [5, 5.41) is 16.5. The van der Waals surface area contributed by atoms with Crippen LogP contribution in [0.25, 0.3) is 10.9 Å². The number of aryl methyl sites for hydroxylation is 1. The molecule has 3 atom stereocenters. The molecule has 0 aliphatic carbocycles. The van der Waals surface area contributed by atoms with Gasteiger partial charge in [0.2, 0.25) is 5.88 Å². The molecule has 1 aliphatic heterocycles. The minimum atomic E-state index is -3.42. The van der Waals surface area contributed by atoms with Crippen molar-refractivity contribution in [3.8, 4) is 5.88 Å². The lowest BCUT2D eigenvalue weighted by atomic mass is 9.70. The first-order chi connectivity index (χ1) is 18.1. The van der Waals surface area contributed by atoms with E-state index in [0.717, 1.165) is 16.7 Å². The molecule has 198 valence electrons. The van der Waals surface area contributed by atoms with E-state index in [1.54, 1.807) is 25.3 Å². The maximum absolute atomic E-state index is 13.8. The average molecular weight is 535 g/mol. The highest BCUT2D eigenvalue weighted by atomic mass is 32.2. The van der Waals surface area contributed by atoms with Crippen molar-refractivity contribution in [2.24, 2.45) is 0 Å². The lowest BCUT2D eigenvalue weighted by Crippen LogP contribution is -2.48. The van der Waals surface area contributed by atoms with E-state index in [1.165, 1.54) is 24.5 Å². The van der Waals surface area contributed by atoms with Crippen molar-refractivity contribution in [3.63, 3.8) is 0 Å². The summed E-state index contributed by atoms with van der Waals surface area (Å²) in [6, 6.07) is 21.0. The number of aliphatic hydroxyl groups is 1. The van der Waals surface area contributed by atoms with E-state index in [1.807, 2.05) is 43.3 Å². The summed E-state index contributed by atoms with van der Waals surface area (Å²) in [6.07, 6.45) is 2.02. The summed E-state index contributed by atoms with van der Waals surface area (Å²) < 4.78 is 44.0. The highest BCUT2D eigenvalue weighted by molar-refractivity contribution is 7.90. The van der Waals surface area contributed by atoms with Crippen molar-refractivity contribution in [1.82, 2.24) is 10.3 Å². The molecule has 5 rings (SSSR count). The second-order valence-electron chi connectivity index (χ2n) is 10.1. The number of methoxy groups -OCH3 is 1. The van der Waals surface area contributed by atoms with E-state index in [0.29, 0.717) is 41.7 Å². The first kappa shape index (κ1) is 26.3. The van der Waals surface area contributed by atoms with Crippen molar-refractivity contribution in [2.75, 3.05) is 19.9 Å². The molecule has 2 heterocycles. The zero-order valence-corrected chi connectivity index (χ0v) is 22.4. The summed E-state index contributed by atoms with van der Waals surface area (Å²) in [5.41, 5.74) is 2.73. The van der Waals surface area contributed by atoms with Crippen LogP contribution in [0.4, 0.5) is 4.39 Å². The number of ether oxygens (including phenoxy) is 1. The smallest absolute Gasteiger partial charge is 0.217 e. The van der Waals surface area contributed by atoms with Crippen LogP contribution in [0.5, 0.6) is 5.88 Å². The second-order valence-corrected chi connectivity index (χ2v) is 12.1. The lowest BCUT2D eigenvalue weighted by molar-refractivity contribution is -0.0197. The molecule has 0 amide bonds. The molecular weight excluding hydrogens is 503 g/mol. The van der Waals surface area contributed by atoms with Gasteiger partial charge in [0.25, 0.3) is 0 Å². The van der Waals surface area contributed by atoms with E-state index in [9.17, 15) is 17.9 Å². The Bertz CT molecular complexity index is 1590. The topological polar surface area (TPSA) is 88.5 Å². The minimum Gasteiger partial charge on any atom is -0.481 e. The number of rotatable bonds is 6. The van der Waals surface area contributed by atoms with Gasteiger partial charge in [0, 0.05) is 29.2 Å². The minimum absolute atomic E-state index is 0.184. The van der Waals surface area contributed by atoms with Gasteiger partial charge in [-0.15, -0.1) is 0 Å². The molecule has 6 nitrogen and oxygen atoms in total. The maximum Gasteiger partial charge on any atom is 0.217 e. The number of benzene rings is 3. The maximum atomic E-state index is 13.8. The summed E-state index contributed by atoms with van der Waals surface area (Å²) in [7, 11) is -1.87. The molecule has 38 heavy (non-hydrogen) atoms. The van der Waals surface area contributed by atoms with Crippen molar-refractivity contribution < 1.29 is 22.7 Å². The number of hydrogen-bond donors (Lipinski definition) is 2. The Labute approximate surface area is 222 Å². The van der Waals surface area contributed by atoms with Crippen LogP contribution in [0, 0.1) is 12.7 Å². The van der Waals surface area contributed by atoms with E-state index < -0.39 is 21.4 Å². The standard InChI is InChI=1S/C30H31FN2O4S/c1-19-15-22(31)9-11-24(19)27-18-30(34,13-14-32-27)28(20-7-5-4-6-8-20)25-17-21-16-23(38(3,35)36)10-12-26(21)33-29(25)37-2/h4-12,15-17,27-28,32,34H,13-14,18H2,1-3H3. The number of fused-ring (bicyclic) bond motifs is 1. The molecule has 1 aliphatic rings. The molecule has 1 aromatic heterocycles. The molecule has 3 unspecified atom stereocenters. The van der Waals surface area contributed by atoms with Gasteiger partial charge in [0.1, 0.15) is 5.82 Å². The Morgan fingerprint density at radius 2 is 1.87 bits per heavy atom. The number of halogens is 1. The van der Waals surface area contributed by atoms with Crippen LogP contribution >= 0.6 is 0 Å². The Hall–Kier alpha value is -3.33. The molecule has 0 spiro atoms. The van der Waals surface area contributed by atoms with Crippen molar-refractivity contribution in [3.05, 3.63) is 101 Å². The molecule has 3 aromatic carbocycles. The number of sulfone groups is 1. The summed E-state index contributed by atoms with van der Waals surface area (Å²) >= 11 is 0. The van der Waals surface area contributed by atoms with E-state index in [-0.39, 0.29) is 16.8 Å². The molecular formula is C30H31FN2O4S. The number of nitrogens with zero attached hydrogens (tertiary/aromatic N) is 1. The summed E-state index contributed by atoms with van der Waals surface area (Å²) in [5.74, 6) is -0.428. The average Bonchev–Trinajstić information content (AvgIpc) is 2.88. The van der Waals surface area contributed by atoms with Crippen molar-refractivity contribution in [1.29, 1.82) is 0 Å². The van der Waals surface area contributed by atoms with Crippen LogP contribution < -0.4 is 10.1 Å². The molecule has 0 saturated carbocycles. The van der Waals surface area contributed by atoms with E-state index >= 15 is 0 Å². The van der Waals surface area contributed by atoms with Gasteiger partial charge in [0.05, 0.1) is 23.1 Å². The number of nitrogens with one attached hydrogen (secondary N) is 1. The number of piperidine rings is 1. The fourth-order valence-electron chi connectivity index (χ4n) is 5.68. The molecule has 4 aromatic rings. The van der Waals surface area contributed by atoms with Gasteiger partial charge in [0.15, 0.2) is 9.84 Å². The molecule has 1 saturated heterocycles. The fraction of sp³-hybridized carbons (Fsp3) is 0.300. The third-order valence-corrected chi connectivity index (χ3v) is 8.61. The third-order valence-electron chi connectivity index (χ3n) is 7.50. The van der Waals surface area contributed by atoms with Crippen LogP contribution in [0.2, 0.25) is 0 Å². The summed E-state index contributed by atoms with van der Waals surface area (Å²) in [6.45, 7) is 2.43.